The monoisotopic (exact) mass is 518 g/mol. The van der Waals surface area contributed by atoms with Gasteiger partial charge in [0.2, 0.25) is 0 Å². The molecule has 0 atom stereocenters. The van der Waals surface area contributed by atoms with Gasteiger partial charge in [-0.05, 0) is 57.4 Å². The van der Waals surface area contributed by atoms with Gasteiger partial charge in [-0.2, -0.15) is 5.10 Å². The van der Waals surface area contributed by atoms with Crippen molar-refractivity contribution in [2.75, 3.05) is 13.2 Å². The summed E-state index contributed by atoms with van der Waals surface area (Å²) in [5.74, 6) is 0.960. The zero-order valence-electron chi connectivity index (χ0n) is 15.8. The van der Waals surface area contributed by atoms with Gasteiger partial charge in [0.1, 0.15) is 11.5 Å². The van der Waals surface area contributed by atoms with Gasteiger partial charge in [0.25, 0.3) is 5.91 Å². The summed E-state index contributed by atoms with van der Waals surface area (Å²) >= 11 is 6.98. The highest BCUT2D eigenvalue weighted by Gasteiger charge is 2.08. The number of nitrogens with zero attached hydrogens (tertiary/aromatic N) is 1. The molecule has 7 heteroatoms. The van der Waals surface area contributed by atoms with E-state index in [1.54, 1.807) is 6.21 Å². The molecule has 29 heavy (non-hydrogen) atoms. The molecule has 0 heterocycles. The van der Waals surface area contributed by atoms with Gasteiger partial charge in [0, 0.05) is 10.0 Å². The summed E-state index contributed by atoms with van der Waals surface area (Å²) in [5, 5.41) is 6.14. The quantitative estimate of drug-likeness (QED) is 0.307. The van der Waals surface area contributed by atoms with Gasteiger partial charge in [-0.3, -0.25) is 4.79 Å². The third-order valence-corrected chi connectivity index (χ3v) is 5.32. The third-order valence-electron chi connectivity index (χ3n) is 4.01. The molecule has 5 nitrogen and oxygen atoms in total. The van der Waals surface area contributed by atoms with E-state index in [9.17, 15) is 4.79 Å². The van der Waals surface area contributed by atoms with Crippen molar-refractivity contribution >= 4 is 54.8 Å². The van der Waals surface area contributed by atoms with Crippen LogP contribution in [0.15, 0.2) is 68.6 Å². The number of benzene rings is 3. The van der Waals surface area contributed by atoms with E-state index in [-0.39, 0.29) is 12.5 Å². The van der Waals surface area contributed by atoms with Crippen LogP contribution in [0.4, 0.5) is 0 Å². The predicted molar refractivity (Wildman–Crippen MR) is 123 cm³/mol. The van der Waals surface area contributed by atoms with Crippen molar-refractivity contribution in [2.45, 2.75) is 13.3 Å². The smallest absolute Gasteiger partial charge is 0.277 e. The van der Waals surface area contributed by atoms with Crippen molar-refractivity contribution in [1.82, 2.24) is 5.43 Å². The number of fused-ring (bicyclic) bond motifs is 1. The van der Waals surface area contributed by atoms with Crippen molar-refractivity contribution in [2.24, 2.45) is 5.10 Å². The molecule has 1 N–H and O–H groups in total. The summed E-state index contributed by atoms with van der Waals surface area (Å²) in [4.78, 5) is 12.1. The summed E-state index contributed by atoms with van der Waals surface area (Å²) < 4.78 is 13.1. The van der Waals surface area contributed by atoms with Crippen LogP contribution in [0.25, 0.3) is 10.8 Å². The van der Waals surface area contributed by atoms with Crippen LogP contribution < -0.4 is 14.9 Å². The first-order valence-corrected chi connectivity index (χ1v) is 10.7. The lowest BCUT2D eigenvalue weighted by Gasteiger charge is -2.10. The van der Waals surface area contributed by atoms with Crippen LogP contribution in [0.3, 0.4) is 0 Å². The van der Waals surface area contributed by atoms with Crippen molar-refractivity contribution < 1.29 is 14.3 Å². The molecule has 0 fully saturated rings. The molecule has 0 saturated heterocycles. The zero-order valence-corrected chi connectivity index (χ0v) is 19.0. The van der Waals surface area contributed by atoms with Gasteiger partial charge in [-0.1, -0.05) is 53.2 Å². The average molecular weight is 520 g/mol. The maximum Gasteiger partial charge on any atom is 0.277 e. The first-order valence-electron chi connectivity index (χ1n) is 9.12. The normalized spacial score (nSPS) is 11.0. The number of hydrogen-bond donors (Lipinski definition) is 1. The molecule has 0 aromatic heterocycles. The molecule has 0 spiro atoms. The minimum Gasteiger partial charge on any atom is -0.493 e. The van der Waals surface area contributed by atoms with Crippen LogP contribution in [0.5, 0.6) is 11.5 Å². The van der Waals surface area contributed by atoms with Gasteiger partial charge in [-0.25, -0.2) is 5.43 Å². The van der Waals surface area contributed by atoms with Crippen LogP contribution in [0.1, 0.15) is 18.9 Å². The van der Waals surface area contributed by atoms with Crippen molar-refractivity contribution in [3.8, 4) is 11.5 Å². The largest absolute Gasteiger partial charge is 0.493 e. The minimum atomic E-state index is -0.354. The highest BCUT2D eigenvalue weighted by Crippen LogP contribution is 2.32. The van der Waals surface area contributed by atoms with Crippen molar-refractivity contribution in [3.63, 3.8) is 0 Å². The van der Waals surface area contributed by atoms with E-state index in [1.165, 1.54) is 0 Å². The van der Waals surface area contributed by atoms with Crippen LogP contribution in [-0.4, -0.2) is 25.3 Å². The molecule has 0 bridgehead atoms. The first kappa shape index (κ1) is 21.3. The lowest BCUT2D eigenvalue weighted by molar-refractivity contribution is -0.123. The Morgan fingerprint density at radius 3 is 2.69 bits per heavy atom. The molecule has 3 rings (SSSR count). The number of halogens is 2. The van der Waals surface area contributed by atoms with E-state index < -0.39 is 0 Å². The Morgan fingerprint density at radius 2 is 1.86 bits per heavy atom. The number of carbonyl (C=O) groups excluding carboxylic acids is 1. The van der Waals surface area contributed by atoms with Crippen molar-refractivity contribution in [1.29, 1.82) is 0 Å². The Hall–Kier alpha value is -2.38. The molecule has 0 unspecified atom stereocenters. The second-order valence-corrected chi connectivity index (χ2v) is 7.92. The molecule has 0 aliphatic carbocycles. The van der Waals surface area contributed by atoms with E-state index in [2.05, 4.69) is 42.4 Å². The number of hydrazone groups is 1. The van der Waals surface area contributed by atoms with Crippen LogP contribution in [0.2, 0.25) is 0 Å². The Bertz CT molecular complexity index is 1040. The number of nitrogens with one attached hydrogen (secondary N) is 1. The highest BCUT2D eigenvalue weighted by atomic mass is 79.9. The minimum absolute atomic E-state index is 0.147. The van der Waals surface area contributed by atoms with Crippen molar-refractivity contribution in [3.05, 3.63) is 69.1 Å². The maximum absolute atomic E-state index is 12.1. The van der Waals surface area contributed by atoms with E-state index in [4.69, 9.17) is 9.47 Å². The second-order valence-electron chi connectivity index (χ2n) is 6.21. The SMILES string of the molecule is CCCOc1ccc(Br)cc1/C=N/NC(=O)COc1ccc2ccccc2c1Br. The topological polar surface area (TPSA) is 59.9 Å². The van der Waals surface area contributed by atoms with E-state index >= 15 is 0 Å². The molecule has 0 aliphatic rings. The average Bonchev–Trinajstić information content (AvgIpc) is 2.73. The maximum atomic E-state index is 12.1. The molecular formula is C22H20Br2N2O3. The Balaban J connectivity index is 1.59. The van der Waals surface area contributed by atoms with Gasteiger partial charge in [0.05, 0.1) is 17.3 Å². The van der Waals surface area contributed by atoms with Gasteiger partial charge in [-0.15, -0.1) is 0 Å². The zero-order chi connectivity index (χ0) is 20.6. The summed E-state index contributed by atoms with van der Waals surface area (Å²) in [7, 11) is 0. The fraction of sp³-hybridized carbons (Fsp3) is 0.182. The number of rotatable bonds is 8. The van der Waals surface area contributed by atoms with Gasteiger partial charge < -0.3 is 9.47 Å². The van der Waals surface area contributed by atoms with Crippen LogP contribution >= 0.6 is 31.9 Å². The van der Waals surface area contributed by atoms with Crippen LogP contribution in [-0.2, 0) is 4.79 Å². The molecule has 150 valence electrons. The Labute approximate surface area is 186 Å². The first-order chi connectivity index (χ1) is 14.1. The van der Waals surface area contributed by atoms with Gasteiger partial charge in [0.15, 0.2) is 6.61 Å². The number of amides is 1. The molecule has 0 saturated carbocycles. The molecule has 0 radical (unpaired) electrons. The highest BCUT2D eigenvalue weighted by molar-refractivity contribution is 9.11. The van der Waals surface area contributed by atoms with Crippen LogP contribution in [0, 0.1) is 0 Å². The standard InChI is InChI=1S/C22H20Br2N2O3/c1-2-11-28-19-10-8-17(23)12-16(19)13-25-26-21(27)14-29-20-9-7-15-5-3-4-6-18(15)22(20)24/h3-10,12-13H,2,11,14H2,1H3,(H,26,27)/b25-13+. The van der Waals surface area contributed by atoms with Gasteiger partial charge >= 0.3 is 0 Å². The third kappa shape index (κ3) is 5.81. The number of ether oxygens (including phenoxy) is 2. The molecule has 3 aromatic carbocycles. The predicted octanol–water partition coefficient (Wildman–Crippen LogP) is 5.68. The molecule has 0 aliphatic heterocycles. The molecular weight excluding hydrogens is 500 g/mol. The summed E-state index contributed by atoms with van der Waals surface area (Å²) in [5.41, 5.74) is 3.25. The Kier molecular flexibility index (Phi) is 7.66. The van der Waals surface area contributed by atoms with E-state index in [0.29, 0.717) is 18.1 Å². The lowest BCUT2D eigenvalue weighted by atomic mass is 10.1. The fourth-order valence-corrected chi connectivity index (χ4v) is 3.62. The molecule has 1 amide bonds. The Morgan fingerprint density at radius 1 is 1.07 bits per heavy atom. The number of carbonyl (C=O) groups is 1. The summed E-state index contributed by atoms with van der Waals surface area (Å²) in [6.45, 7) is 2.51. The molecule has 3 aromatic rings. The number of hydrogen-bond acceptors (Lipinski definition) is 4. The van der Waals surface area contributed by atoms with E-state index in [0.717, 1.165) is 31.7 Å². The lowest BCUT2D eigenvalue weighted by Crippen LogP contribution is -2.24. The van der Waals surface area contributed by atoms with E-state index in [1.807, 2.05) is 61.5 Å². The fourth-order valence-electron chi connectivity index (χ4n) is 2.64. The summed E-state index contributed by atoms with van der Waals surface area (Å²) in [6.07, 6.45) is 2.46. The second kappa shape index (κ2) is 10.4. The summed E-state index contributed by atoms with van der Waals surface area (Å²) in [6, 6.07) is 17.4.